The Hall–Kier alpha value is -1.06. The molecule has 0 saturated carbocycles. The maximum atomic E-state index is 12.3. The second-order valence-electron chi connectivity index (χ2n) is 5.58. The summed E-state index contributed by atoms with van der Waals surface area (Å²) >= 11 is 0. The van der Waals surface area contributed by atoms with E-state index in [4.69, 9.17) is 0 Å². The van der Waals surface area contributed by atoms with E-state index in [2.05, 4.69) is 43.5 Å². The predicted molar refractivity (Wildman–Crippen MR) is 91.9 cm³/mol. The van der Waals surface area contributed by atoms with E-state index < -0.39 is 0 Å². The molecule has 0 aliphatic rings. The molecular formula is C17H29ClN2O. The van der Waals surface area contributed by atoms with Crippen LogP contribution in [0.2, 0.25) is 0 Å². The molecule has 1 amide bonds. The molecule has 21 heavy (non-hydrogen) atoms. The summed E-state index contributed by atoms with van der Waals surface area (Å²) in [6, 6.07) is 10.2. The molecule has 0 heterocycles. The quantitative estimate of drug-likeness (QED) is 0.688. The van der Waals surface area contributed by atoms with Crippen LogP contribution in [0, 0.1) is 11.8 Å². The number of nitrogens with one attached hydrogen (secondary N) is 2. The monoisotopic (exact) mass is 312 g/mol. The number of hydrogen-bond donors (Lipinski definition) is 2. The summed E-state index contributed by atoms with van der Waals surface area (Å²) in [7, 11) is 0. The van der Waals surface area contributed by atoms with Crippen LogP contribution in [-0.2, 0) is 11.2 Å². The van der Waals surface area contributed by atoms with Crippen molar-refractivity contribution in [3.8, 4) is 0 Å². The Morgan fingerprint density at radius 2 is 1.76 bits per heavy atom. The molecule has 2 N–H and O–H groups in total. The second-order valence-corrected chi connectivity index (χ2v) is 5.58. The highest BCUT2D eigenvalue weighted by Crippen LogP contribution is 2.17. The number of hydrogen-bond acceptors (Lipinski definition) is 2. The Kier molecular flexibility index (Phi) is 11.0. The van der Waals surface area contributed by atoms with E-state index in [-0.39, 0.29) is 24.2 Å². The lowest BCUT2D eigenvalue weighted by Gasteiger charge is -2.20. The van der Waals surface area contributed by atoms with Crippen molar-refractivity contribution in [2.45, 2.75) is 33.6 Å². The van der Waals surface area contributed by atoms with Crippen LogP contribution in [0.15, 0.2) is 30.3 Å². The first-order valence-electron chi connectivity index (χ1n) is 7.67. The fourth-order valence-corrected chi connectivity index (χ4v) is 2.21. The van der Waals surface area contributed by atoms with Crippen LogP contribution in [0.3, 0.4) is 0 Å². The second kappa shape index (κ2) is 11.6. The van der Waals surface area contributed by atoms with Crippen molar-refractivity contribution in [1.82, 2.24) is 10.6 Å². The van der Waals surface area contributed by atoms with E-state index in [9.17, 15) is 4.79 Å². The third kappa shape index (κ3) is 8.08. The predicted octanol–water partition coefficient (Wildman–Crippen LogP) is 3.04. The van der Waals surface area contributed by atoms with Crippen molar-refractivity contribution in [2.24, 2.45) is 11.8 Å². The number of benzene rings is 1. The van der Waals surface area contributed by atoms with Gasteiger partial charge in [-0.3, -0.25) is 4.79 Å². The number of carbonyl (C=O) groups is 1. The Morgan fingerprint density at radius 1 is 1.10 bits per heavy atom. The summed E-state index contributed by atoms with van der Waals surface area (Å²) in [5, 5.41) is 6.34. The molecule has 1 rings (SSSR count). The Balaban J connectivity index is 0.00000400. The van der Waals surface area contributed by atoms with Gasteiger partial charge in [0.25, 0.3) is 0 Å². The fraction of sp³-hybridized carbons (Fsp3) is 0.588. The summed E-state index contributed by atoms with van der Waals surface area (Å²) < 4.78 is 0. The Bertz CT molecular complexity index is 382. The lowest BCUT2D eigenvalue weighted by atomic mass is 9.88. The topological polar surface area (TPSA) is 41.1 Å². The molecule has 0 aliphatic heterocycles. The molecular weight excluding hydrogens is 284 g/mol. The van der Waals surface area contributed by atoms with E-state index in [1.54, 1.807) is 0 Å². The van der Waals surface area contributed by atoms with Crippen molar-refractivity contribution in [3.05, 3.63) is 35.9 Å². The van der Waals surface area contributed by atoms with Crippen molar-refractivity contribution in [3.63, 3.8) is 0 Å². The molecule has 1 unspecified atom stereocenters. The zero-order chi connectivity index (χ0) is 14.8. The molecule has 120 valence electrons. The van der Waals surface area contributed by atoms with Gasteiger partial charge in [0, 0.05) is 19.0 Å². The fourth-order valence-electron chi connectivity index (χ4n) is 2.21. The molecule has 0 bridgehead atoms. The molecule has 4 heteroatoms. The highest BCUT2D eigenvalue weighted by Gasteiger charge is 2.21. The molecule has 3 nitrogen and oxygen atoms in total. The standard InChI is InChI=1S/C17H28N2O.ClH/c1-4-10-18-11-12-19-17(20)16(14(2)3)13-15-8-6-5-7-9-15;/h5-9,14,16,18H,4,10-13H2,1-3H3,(H,19,20);1H. The third-order valence-electron chi connectivity index (χ3n) is 3.47. The van der Waals surface area contributed by atoms with Gasteiger partial charge in [-0.15, -0.1) is 12.4 Å². The van der Waals surface area contributed by atoms with Crippen LogP contribution in [-0.4, -0.2) is 25.5 Å². The average molecular weight is 313 g/mol. The van der Waals surface area contributed by atoms with Crippen molar-refractivity contribution in [2.75, 3.05) is 19.6 Å². The van der Waals surface area contributed by atoms with Gasteiger partial charge in [0.1, 0.15) is 0 Å². The number of halogens is 1. The van der Waals surface area contributed by atoms with Crippen LogP contribution in [0.4, 0.5) is 0 Å². The van der Waals surface area contributed by atoms with Gasteiger partial charge >= 0.3 is 0 Å². The van der Waals surface area contributed by atoms with Gasteiger partial charge in [-0.05, 0) is 30.9 Å². The summed E-state index contributed by atoms with van der Waals surface area (Å²) in [5.41, 5.74) is 1.23. The zero-order valence-corrected chi connectivity index (χ0v) is 14.2. The maximum Gasteiger partial charge on any atom is 0.223 e. The molecule has 1 aromatic rings. The van der Waals surface area contributed by atoms with Crippen molar-refractivity contribution < 1.29 is 4.79 Å². The van der Waals surface area contributed by atoms with Crippen LogP contribution in [0.25, 0.3) is 0 Å². The maximum absolute atomic E-state index is 12.3. The third-order valence-corrected chi connectivity index (χ3v) is 3.47. The largest absolute Gasteiger partial charge is 0.355 e. The lowest BCUT2D eigenvalue weighted by molar-refractivity contribution is -0.126. The molecule has 0 aliphatic carbocycles. The average Bonchev–Trinajstić information content (AvgIpc) is 2.45. The minimum Gasteiger partial charge on any atom is -0.355 e. The number of rotatable bonds is 9. The smallest absolute Gasteiger partial charge is 0.223 e. The van der Waals surface area contributed by atoms with Gasteiger partial charge in [-0.25, -0.2) is 0 Å². The molecule has 0 saturated heterocycles. The van der Waals surface area contributed by atoms with Gasteiger partial charge in [0.2, 0.25) is 5.91 Å². The highest BCUT2D eigenvalue weighted by atomic mass is 35.5. The minimum atomic E-state index is 0. The van der Waals surface area contributed by atoms with E-state index >= 15 is 0 Å². The van der Waals surface area contributed by atoms with Gasteiger partial charge in [0.15, 0.2) is 0 Å². The van der Waals surface area contributed by atoms with E-state index in [0.717, 1.165) is 25.9 Å². The summed E-state index contributed by atoms with van der Waals surface area (Å²) in [6.07, 6.45) is 1.93. The molecule has 0 radical (unpaired) electrons. The van der Waals surface area contributed by atoms with E-state index in [0.29, 0.717) is 12.5 Å². The number of carbonyl (C=O) groups excluding carboxylic acids is 1. The molecule has 0 aromatic heterocycles. The van der Waals surface area contributed by atoms with Crippen LogP contribution in [0.1, 0.15) is 32.8 Å². The Morgan fingerprint density at radius 3 is 2.33 bits per heavy atom. The summed E-state index contributed by atoms with van der Waals surface area (Å²) in [6.45, 7) is 8.92. The van der Waals surface area contributed by atoms with Crippen molar-refractivity contribution >= 4 is 18.3 Å². The zero-order valence-electron chi connectivity index (χ0n) is 13.4. The van der Waals surface area contributed by atoms with Gasteiger partial charge < -0.3 is 10.6 Å². The molecule has 1 aromatic carbocycles. The first kappa shape index (κ1) is 19.9. The van der Waals surface area contributed by atoms with Gasteiger partial charge in [-0.1, -0.05) is 51.1 Å². The van der Waals surface area contributed by atoms with E-state index in [1.165, 1.54) is 5.56 Å². The van der Waals surface area contributed by atoms with Gasteiger partial charge in [-0.2, -0.15) is 0 Å². The van der Waals surface area contributed by atoms with Crippen LogP contribution in [0.5, 0.6) is 0 Å². The summed E-state index contributed by atoms with van der Waals surface area (Å²) in [5.74, 6) is 0.560. The van der Waals surface area contributed by atoms with Crippen LogP contribution >= 0.6 is 12.4 Å². The first-order valence-corrected chi connectivity index (χ1v) is 7.67. The normalized spacial score (nSPS) is 11.8. The van der Waals surface area contributed by atoms with Crippen molar-refractivity contribution in [1.29, 1.82) is 0 Å². The lowest BCUT2D eigenvalue weighted by Crippen LogP contribution is -2.38. The van der Waals surface area contributed by atoms with Gasteiger partial charge in [0.05, 0.1) is 0 Å². The van der Waals surface area contributed by atoms with E-state index in [1.807, 2.05) is 18.2 Å². The Labute approximate surface area is 135 Å². The molecule has 0 spiro atoms. The summed E-state index contributed by atoms with van der Waals surface area (Å²) in [4.78, 5) is 12.3. The minimum absolute atomic E-state index is 0. The molecule has 0 fully saturated rings. The highest BCUT2D eigenvalue weighted by molar-refractivity contribution is 5.85. The van der Waals surface area contributed by atoms with Crippen LogP contribution < -0.4 is 10.6 Å². The SMILES string of the molecule is CCCNCCNC(=O)C(Cc1ccccc1)C(C)C.Cl. The number of amides is 1. The first-order chi connectivity index (χ1) is 9.65. The molecule has 1 atom stereocenters.